The molecule has 2 amide bonds. The van der Waals surface area contributed by atoms with E-state index in [0.717, 1.165) is 18.6 Å². The zero-order chi connectivity index (χ0) is 20.4. The summed E-state index contributed by atoms with van der Waals surface area (Å²) in [6.45, 7) is 2.97. The summed E-state index contributed by atoms with van der Waals surface area (Å²) in [4.78, 5) is 30.7. The van der Waals surface area contributed by atoms with E-state index in [9.17, 15) is 18.4 Å². The largest absolute Gasteiger partial charge is 0.358 e. The predicted molar refractivity (Wildman–Crippen MR) is 99.5 cm³/mol. The molecule has 0 fully saturated rings. The number of halogens is 2. The number of hydrogen-bond donors (Lipinski definition) is 2. The molecule has 2 heterocycles. The van der Waals surface area contributed by atoms with Gasteiger partial charge in [-0.2, -0.15) is 0 Å². The monoisotopic (exact) mass is 391 g/mol. The molecule has 150 valence electrons. The van der Waals surface area contributed by atoms with E-state index in [2.05, 4.69) is 27.4 Å². The Morgan fingerprint density at radius 1 is 1.29 bits per heavy atom. The van der Waals surface area contributed by atoms with Gasteiger partial charge in [-0.05, 0) is 38.6 Å². The van der Waals surface area contributed by atoms with E-state index >= 15 is 0 Å². The predicted octanol–water partition coefficient (Wildman–Crippen LogP) is 1.53. The lowest BCUT2D eigenvalue weighted by molar-refractivity contribution is -0.119. The summed E-state index contributed by atoms with van der Waals surface area (Å²) >= 11 is 0. The molecule has 9 heteroatoms. The SMILES string of the molecule is CNC(=O)CNC(=O)c1nc(-c2ccc(F)c(F)c2)n2c1CN(C)C(C)CC2. The van der Waals surface area contributed by atoms with Crippen LogP contribution in [0.2, 0.25) is 0 Å². The van der Waals surface area contributed by atoms with Crippen molar-refractivity contribution in [2.24, 2.45) is 0 Å². The summed E-state index contributed by atoms with van der Waals surface area (Å²) in [5.74, 6) is -2.32. The molecule has 1 atom stereocenters. The van der Waals surface area contributed by atoms with Crippen LogP contribution in [-0.4, -0.2) is 52.9 Å². The van der Waals surface area contributed by atoms with Gasteiger partial charge in [0.15, 0.2) is 17.3 Å². The molecule has 0 bridgehead atoms. The smallest absolute Gasteiger partial charge is 0.272 e. The molecule has 0 spiro atoms. The molecule has 3 rings (SSSR count). The summed E-state index contributed by atoms with van der Waals surface area (Å²) < 4.78 is 29.0. The van der Waals surface area contributed by atoms with Gasteiger partial charge in [0.05, 0.1) is 12.2 Å². The van der Waals surface area contributed by atoms with Crippen LogP contribution in [0.5, 0.6) is 0 Å². The quantitative estimate of drug-likeness (QED) is 0.829. The average molecular weight is 391 g/mol. The molecular formula is C19H23F2N5O2. The summed E-state index contributed by atoms with van der Waals surface area (Å²) in [5, 5.41) is 4.99. The minimum Gasteiger partial charge on any atom is -0.358 e. The molecule has 1 unspecified atom stereocenters. The van der Waals surface area contributed by atoms with Gasteiger partial charge in [-0.15, -0.1) is 0 Å². The minimum atomic E-state index is -0.973. The maximum Gasteiger partial charge on any atom is 0.272 e. The van der Waals surface area contributed by atoms with Crippen molar-refractivity contribution in [3.8, 4) is 11.4 Å². The first-order chi connectivity index (χ1) is 13.3. The zero-order valence-electron chi connectivity index (χ0n) is 16.1. The second kappa shape index (κ2) is 8.05. The normalized spacial score (nSPS) is 17.0. The molecule has 28 heavy (non-hydrogen) atoms. The van der Waals surface area contributed by atoms with E-state index in [0.29, 0.717) is 30.2 Å². The van der Waals surface area contributed by atoms with Gasteiger partial charge >= 0.3 is 0 Å². The lowest BCUT2D eigenvalue weighted by atomic mass is 10.2. The van der Waals surface area contributed by atoms with Gasteiger partial charge in [0.25, 0.3) is 5.91 Å². The zero-order valence-corrected chi connectivity index (χ0v) is 16.1. The third kappa shape index (κ3) is 3.89. The molecule has 2 aromatic rings. The fourth-order valence-corrected chi connectivity index (χ4v) is 3.19. The Labute approximate surface area is 161 Å². The Morgan fingerprint density at radius 2 is 2.04 bits per heavy atom. The van der Waals surface area contributed by atoms with Gasteiger partial charge in [-0.25, -0.2) is 13.8 Å². The Kier molecular flexibility index (Phi) is 5.73. The second-order valence-corrected chi connectivity index (χ2v) is 6.92. The van der Waals surface area contributed by atoms with Crippen LogP contribution in [0, 0.1) is 11.6 Å². The highest BCUT2D eigenvalue weighted by Gasteiger charge is 2.28. The molecule has 1 aliphatic rings. The molecule has 1 aromatic heterocycles. The van der Waals surface area contributed by atoms with Gasteiger partial charge < -0.3 is 15.2 Å². The number of aromatic nitrogens is 2. The summed E-state index contributed by atoms with van der Waals surface area (Å²) in [6, 6.07) is 3.84. The van der Waals surface area contributed by atoms with Crippen LogP contribution in [0.1, 0.15) is 29.5 Å². The number of imidazole rings is 1. The molecule has 0 aliphatic carbocycles. The van der Waals surface area contributed by atoms with Gasteiger partial charge in [0.1, 0.15) is 5.82 Å². The lowest BCUT2D eigenvalue weighted by Gasteiger charge is -2.20. The molecule has 0 saturated carbocycles. The molecule has 1 aromatic carbocycles. The van der Waals surface area contributed by atoms with Gasteiger partial charge in [-0.3, -0.25) is 14.5 Å². The van der Waals surface area contributed by atoms with Crippen molar-refractivity contribution in [1.82, 2.24) is 25.1 Å². The van der Waals surface area contributed by atoms with E-state index in [1.54, 1.807) is 0 Å². The number of likely N-dealkylation sites (N-methyl/N-ethyl adjacent to an activating group) is 1. The van der Waals surface area contributed by atoms with Crippen LogP contribution in [0.25, 0.3) is 11.4 Å². The molecular weight excluding hydrogens is 368 g/mol. The first-order valence-corrected chi connectivity index (χ1v) is 9.05. The fourth-order valence-electron chi connectivity index (χ4n) is 3.19. The first-order valence-electron chi connectivity index (χ1n) is 9.05. The Balaban J connectivity index is 2.05. The van der Waals surface area contributed by atoms with Crippen molar-refractivity contribution in [2.75, 3.05) is 20.6 Å². The summed E-state index contributed by atoms with van der Waals surface area (Å²) in [6.07, 6.45) is 0.815. The fraction of sp³-hybridized carbons (Fsp3) is 0.421. The van der Waals surface area contributed by atoms with E-state index in [1.807, 2.05) is 11.6 Å². The van der Waals surface area contributed by atoms with Gasteiger partial charge in [0, 0.05) is 31.7 Å². The number of hydrogen-bond acceptors (Lipinski definition) is 4. The average Bonchev–Trinajstić information content (AvgIpc) is 2.96. The second-order valence-electron chi connectivity index (χ2n) is 6.92. The van der Waals surface area contributed by atoms with E-state index in [4.69, 9.17) is 0 Å². The van der Waals surface area contributed by atoms with E-state index in [-0.39, 0.29) is 24.2 Å². The number of fused-ring (bicyclic) bond motifs is 1. The van der Waals surface area contributed by atoms with Crippen molar-refractivity contribution < 1.29 is 18.4 Å². The highest BCUT2D eigenvalue weighted by molar-refractivity contribution is 5.96. The van der Waals surface area contributed by atoms with Gasteiger partial charge in [0.2, 0.25) is 5.91 Å². The number of amides is 2. The number of nitrogens with one attached hydrogen (secondary N) is 2. The third-order valence-corrected chi connectivity index (χ3v) is 5.08. The molecule has 1 aliphatic heterocycles. The van der Waals surface area contributed by atoms with Crippen LogP contribution in [0.15, 0.2) is 18.2 Å². The highest BCUT2D eigenvalue weighted by atomic mass is 19.2. The van der Waals surface area contributed by atoms with Crippen LogP contribution in [0.3, 0.4) is 0 Å². The number of benzene rings is 1. The van der Waals surface area contributed by atoms with Crippen LogP contribution >= 0.6 is 0 Å². The maximum atomic E-state index is 13.8. The Morgan fingerprint density at radius 3 is 2.71 bits per heavy atom. The van der Waals surface area contributed by atoms with Crippen molar-refractivity contribution in [3.05, 3.63) is 41.2 Å². The molecule has 2 N–H and O–H groups in total. The van der Waals surface area contributed by atoms with Crippen molar-refractivity contribution >= 4 is 11.8 Å². The standard InChI is InChI=1S/C19H23F2N5O2/c1-11-6-7-26-15(10-25(11)3)17(19(28)23-9-16(27)22-2)24-18(26)12-4-5-13(20)14(21)8-12/h4-5,8,11H,6-7,9-10H2,1-3H3,(H,22,27)(H,23,28). The number of rotatable bonds is 4. The summed E-state index contributed by atoms with van der Waals surface area (Å²) in [7, 11) is 3.44. The van der Waals surface area contributed by atoms with Crippen LogP contribution < -0.4 is 10.6 Å². The maximum absolute atomic E-state index is 13.8. The molecule has 0 saturated heterocycles. The first kappa shape index (κ1) is 19.9. The van der Waals surface area contributed by atoms with Crippen molar-refractivity contribution in [3.63, 3.8) is 0 Å². The number of carbonyl (C=O) groups excluding carboxylic acids is 2. The van der Waals surface area contributed by atoms with Crippen molar-refractivity contribution in [1.29, 1.82) is 0 Å². The van der Waals surface area contributed by atoms with Crippen LogP contribution in [-0.2, 0) is 17.9 Å². The lowest BCUT2D eigenvalue weighted by Crippen LogP contribution is -2.36. The van der Waals surface area contributed by atoms with Crippen molar-refractivity contribution in [2.45, 2.75) is 32.5 Å². The van der Waals surface area contributed by atoms with Crippen LogP contribution in [0.4, 0.5) is 8.78 Å². The third-order valence-electron chi connectivity index (χ3n) is 5.08. The molecule has 0 radical (unpaired) electrons. The topological polar surface area (TPSA) is 79.3 Å². The Hall–Kier alpha value is -2.81. The van der Waals surface area contributed by atoms with Gasteiger partial charge in [-0.1, -0.05) is 0 Å². The van der Waals surface area contributed by atoms with E-state index in [1.165, 1.54) is 13.1 Å². The van der Waals surface area contributed by atoms with E-state index < -0.39 is 17.5 Å². The minimum absolute atomic E-state index is 0.172. The summed E-state index contributed by atoms with van der Waals surface area (Å²) in [5.41, 5.74) is 1.26. The number of carbonyl (C=O) groups is 2. The molecule has 7 nitrogen and oxygen atoms in total. The number of nitrogens with zero attached hydrogens (tertiary/aromatic N) is 3. The Bertz CT molecular complexity index is 912. The highest BCUT2D eigenvalue weighted by Crippen LogP contribution is 2.28.